The average Bonchev–Trinajstić information content (AvgIpc) is 3.10. The average molecular weight is 294 g/mol. The van der Waals surface area contributed by atoms with Crippen molar-refractivity contribution in [3.8, 4) is 0 Å². The van der Waals surface area contributed by atoms with Crippen LogP contribution in [0.4, 0.5) is 5.69 Å². The molecule has 2 aromatic heterocycles. The molecule has 0 atom stereocenters. The first-order chi connectivity index (χ1) is 9.74. The van der Waals surface area contributed by atoms with E-state index in [1.54, 1.807) is 12.5 Å². The van der Waals surface area contributed by atoms with E-state index in [4.69, 9.17) is 11.6 Å². The quantitative estimate of drug-likeness (QED) is 0.850. The third-order valence-electron chi connectivity index (χ3n) is 3.38. The number of aromatic nitrogens is 4. The number of nitrogens with one attached hydrogen (secondary N) is 2. The van der Waals surface area contributed by atoms with E-state index in [0.717, 1.165) is 12.1 Å². The van der Waals surface area contributed by atoms with Gasteiger partial charge in [0, 0.05) is 31.4 Å². The Bertz CT molecular complexity index is 633. The maximum atomic E-state index is 12.3. The first-order valence-corrected chi connectivity index (χ1v) is 7.08. The fourth-order valence-electron chi connectivity index (χ4n) is 2.05. The van der Waals surface area contributed by atoms with Crippen LogP contribution in [0.25, 0.3) is 0 Å². The van der Waals surface area contributed by atoms with Crippen LogP contribution in [0.15, 0.2) is 23.5 Å². The summed E-state index contributed by atoms with van der Waals surface area (Å²) in [6.45, 7) is 1.30. The smallest absolute Gasteiger partial charge is 0.291 e. The molecule has 0 spiro atoms. The van der Waals surface area contributed by atoms with Gasteiger partial charge in [0.15, 0.2) is 0 Å². The molecule has 0 bridgehead atoms. The van der Waals surface area contributed by atoms with E-state index < -0.39 is 0 Å². The van der Waals surface area contributed by atoms with Gasteiger partial charge < -0.3 is 10.3 Å². The maximum absolute atomic E-state index is 12.3. The molecule has 20 heavy (non-hydrogen) atoms. The highest BCUT2D eigenvalue weighted by atomic mass is 35.5. The normalized spacial score (nSPS) is 14.4. The topological polar surface area (TPSA) is 75.6 Å². The molecule has 1 saturated carbocycles. The Labute approximate surface area is 121 Å². The first-order valence-electron chi connectivity index (χ1n) is 6.71. The zero-order valence-corrected chi connectivity index (χ0v) is 11.7. The van der Waals surface area contributed by atoms with Gasteiger partial charge in [-0.3, -0.25) is 4.79 Å². The number of hydrogen-bond acceptors (Lipinski definition) is 4. The van der Waals surface area contributed by atoms with E-state index in [9.17, 15) is 4.79 Å². The van der Waals surface area contributed by atoms with E-state index in [1.165, 1.54) is 23.7 Å². The van der Waals surface area contributed by atoms with Gasteiger partial charge >= 0.3 is 0 Å². The van der Waals surface area contributed by atoms with Crippen molar-refractivity contribution in [3.05, 3.63) is 39.8 Å². The first kappa shape index (κ1) is 13.2. The largest absolute Gasteiger partial charge is 0.379 e. The number of halogens is 1. The predicted molar refractivity (Wildman–Crippen MR) is 77.0 cm³/mol. The number of rotatable bonds is 6. The van der Waals surface area contributed by atoms with E-state index in [0.29, 0.717) is 29.7 Å². The molecule has 6 nitrogen and oxygen atoms in total. The second-order valence-electron chi connectivity index (χ2n) is 5.05. The van der Waals surface area contributed by atoms with Gasteiger partial charge in [-0.2, -0.15) is 5.10 Å². The summed E-state index contributed by atoms with van der Waals surface area (Å²) in [4.78, 5) is 19.2. The standard InChI is InChI=1S/C13H16ClN5O/c14-11-6-18-19(7-9-1-2-9)13(20)12(11)16-4-3-10-5-15-8-17-10/h5-6,8-9,16H,1-4,7H2,(H,15,17). The zero-order chi connectivity index (χ0) is 13.9. The van der Waals surface area contributed by atoms with Gasteiger partial charge in [-0.15, -0.1) is 0 Å². The molecule has 1 fully saturated rings. The minimum Gasteiger partial charge on any atom is -0.379 e. The lowest BCUT2D eigenvalue weighted by atomic mass is 10.3. The summed E-state index contributed by atoms with van der Waals surface area (Å²) in [5.74, 6) is 0.596. The van der Waals surface area contributed by atoms with E-state index in [1.807, 2.05) is 0 Å². The molecule has 1 aliphatic carbocycles. The summed E-state index contributed by atoms with van der Waals surface area (Å²) in [7, 11) is 0. The molecule has 0 unspecified atom stereocenters. The lowest BCUT2D eigenvalue weighted by molar-refractivity contribution is 0.534. The molecule has 1 aliphatic rings. The fraction of sp³-hybridized carbons (Fsp3) is 0.462. The highest BCUT2D eigenvalue weighted by molar-refractivity contribution is 6.32. The molecule has 0 aliphatic heterocycles. The lowest BCUT2D eigenvalue weighted by Crippen LogP contribution is -2.27. The van der Waals surface area contributed by atoms with Gasteiger partial charge in [-0.25, -0.2) is 9.67 Å². The molecule has 7 heteroatoms. The van der Waals surface area contributed by atoms with E-state index in [-0.39, 0.29) is 5.56 Å². The maximum Gasteiger partial charge on any atom is 0.291 e. The molecular weight excluding hydrogens is 278 g/mol. The van der Waals surface area contributed by atoms with Crippen molar-refractivity contribution in [1.29, 1.82) is 0 Å². The van der Waals surface area contributed by atoms with Gasteiger partial charge in [0.05, 0.1) is 17.5 Å². The zero-order valence-electron chi connectivity index (χ0n) is 11.0. The highest BCUT2D eigenvalue weighted by Gasteiger charge is 2.23. The van der Waals surface area contributed by atoms with Crippen LogP contribution in [-0.2, 0) is 13.0 Å². The number of aromatic amines is 1. The van der Waals surface area contributed by atoms with Crippen molar-refractivity contribution in [3.63, 3.8) is 0 Å². The molecule has 0 amide bonds. The second kappa shape index (κ2) is 5.66. The summed E-state index contributed by atoms with van der Waals surface area (Å²) in [5.41, 5.74) is 1.30. The Kier molecular flexibility index (Phi) is 3.73. The van der Waals surface area contributed by atoms with E-state index >= 15 is 0 Å². The van der Waals surface area contributed by atoms with Crippen LogP contribution in [-0.4, -0.2) is 26.3 Å². The van der Waals surface area contributed by atoms with Gasteiger partial charge in [-0.05, 0) is 18.8 Å². The molecule has 2 N–H and O–H groups in total. The minimum absolute atomic E-state index is 0.144. The van der Waals surface area contributed by atoms with Crippen molar-refractivity contribution in [2.75, 3.05) is 11.9 Å². The molecule has 106 valence electrons. The number of nitrogens with zero attached hydrogens (tertiary/aromatic N) is 3. The van der Waals surface area contributed by atoms with E-state index in [2.05, 4.69) is 20.4 Å². The summed E-state index contributed by atoms with van der Waals surface area (Å²) >= 11 is 6.06. The molecule has 0 saturated heterocycles. The highest BCUT2D eigenvalue weighted by Crippen LogP contribution is 2.30. The summed E-state index contributed by atoms with van der Waals surface area (Å²) in [6.07, 6.45) is 8.04. The van der Waals surface area contributed by atoms with Crippen LogP contribution in [0.5, 0.6) is 0 Å². The molecular formula is C13H16ClN5O. The van der Waals surface area contributed by atoms with Crippen LogP contribution < -0.4 is 10.9 Å². The van der Waals surface area contributed by atoms with Crippen LogP contribution >= 0.6 is 11.6 Å². The van der Waals surface area contributed by atoms with Crippen molar-refractivity contribution in [1.82, 2.24) is 19.7 Å². The Morgan fingerprint density at radius 3 is 3.00 bits per heavy atom. The summed E-state index contributed by atoms with van der Waals surface area (Å²) < 4.78 is 1.50. The van der Waals surface area contributed by atoms with Gasteiger partial charge in [-0.1, -0.05) is 11.6 Å². The molecule has 0 radical (unpaired) electrons. The van der Waals surface area contributed by atoms with Gasteiger partial charge in [0.2, 0.25) is 0 Å². The lowest BCUT2D eigenvalue weighted by Gasteiger charge is -2.10. The summed E-state index contributed by atoms with van der Waals surface area (Å²) in [5, 5.41) is 7.56. The van der Waals surface area contributed by atoms with Crippen molar-refractivity contribution in [2.45, 2.75) is 25.8 Å². The number of H-pyrrole nitrogens is 1. The summed E-state index contributed by atoms with van der Waals surface area (Å²) in [6, 6.07) is 0. The van der Waals surface area contributed by atoms with Gasteiger partial charge in [0.1, 0.15) is 5.69 Å². The third-order valence-corrected chi connectivity index (χ3v) is 3.66. The molecule has 2 heterocycles. The Hall–Kier alpha value is -1.82. The van der Waals surface area contributed by atoms with Crippen LogP contribution in [0, 0.1) is 5.92 Å². The third kappa shape index (κ3) is 3.01. The van der Waals surface area contributed by atoms with Crippen molar-refractivity contribution >= 4 is 17.3 Å². The number of imidazole rings is 1. The predicted octanol–water partition coefficient (Wildman–Crippen LogP) is 1.68. The number of hydrogen-bond donors (Lipinski definition) is 2. The van der Waals surface area contributed by atoms with Crippen molar-refractivity contribution in [2.24, 2.45) is 5.92 Å². The van der Waals surface area contributed by atoms with Crippen LogP contribution in [0.3, 0.4) is 0 Å². The molecule has 2 aromatic rings. The molecule has 0 aromatic carbocycles. The SMILES string of the molecule is O=c1c(NCCc2cnc[nH]2)c(Cl)cnn1CC1CC1. The van der Waals surface area contributed by atoms with Crippen LogP contribution in [0.1, 0.15) is 18.5 Å². The fourth-order valence-corrected chi connectivity index (χ4v) is 2.24. The molecule has 3 rings (SSSR count). The second-order valence-corrected chi connectivity index (χ2v) is 5.46. The van der Waals surface area contributed by atoms with Gasteiger partial charge in [0.25, 0.3) is 5.56 Å². The Morgan fingerprint density at radius 2 is 2.30 bits per heavy atom. The minimum atomic E-state index is -0.144. The number of anilines is 1. The Balaban J connectivity index is 1.69. The monoisotopic (exact) mass is 293 g/mol. The Morgan fingerprint density at radius 1 is 1.45 bits per heavy atom. The van der Waals surface area contributed by atoms with Crippen LogP contribution in [0.2, 0.25) is 5.02 Å². The van der Waals surface area contributed by atoms with Crippen molar-refractivity contribution < 1.29 is 0 Å².